The predicted octanol–water partition coefficient (Wildman–Crippen LogP) is 1.39. The number of halogens is 1. The molecule has 0 fully saturated rings. The molecule has 1 unspecified atom stereocenters. The Hall–Kier alpha value is -1.37. The number of nitrogens with one attached hydrogen (secondary N) is 1. The maximum Gasteiger partial charge on any atom is 0.173 e. The zero-order valence-electron chi connectivity index (χ0n) is 9.95. The first kappa shape index (κ1) is 12.7. The van der Waals surface area contributed by atoms with Gasteiger partial charge in [0.15, 0.2) is 9.84 Å². The van der Waals surface area contributed by atoms with Crippen molar-refractivity contribution in [3.8, 4) is 0 Å². The Labute approximate surface area is 115 Å². The minimum atomic E-state index is -3.02. The molecule has 1 N–H and O–H groups in total. The van der Waals surface area contributed by atoms with Crippen molar-refractivity contribution in [1.29, 1.82) is 0 Å². The van der Waals surface area contributed by atoms with Crippen LogP contribution >= 0.6 is 11.6 Å². The summed E-state index contributed by atoms with van der Waals surface area (Å²) in [5.74, 6) is 0.117. The highest BCUT2D eigenvalue weighted by atomic mass is 35.5. The molecule has 2 aromatic rings. The third kappa shape index (κ3) is 2.80. The molecule has 3 heterocycles. The topological polar surface area (TPSA) is 63.5 Å². The average molecular weight is 298 g/mol. The lowest BCUT2D eigenvalue weighted by Crippen LogP contribution is -2.29. The Balaban J connectivity index is 1.71. The lowest BCUT2D eigenvalue weighted by atomic mass is 10.3. The van der Waals surface area contributed by atoms with Gasteiger partial charge >= 0.3 is 0 Å². The van der Waals surface area contributed by atoms with Gasteiger partial charge in [0, 0.05) is 30.4 Å². The monoisotopic (exact) mass is 297 g/mol. The minimum Gasteiger partial charge on any atom is -0.305 e. The molecule has 3 rings (SSSR count). The lowest BCUT2D eigenvalue weighted by molar-refractivity contribution is 0.588. The SMILES string of the molecule is O=S1(=O)C=CC(NCc2cn3cc(Cl)ccc3n2)C1. The van der Waals surface area contributed by atoms with Gasteiger partial charge in [-0.05, 0) is 12.1 Å². The lowest BCUT2D eigenvalue weighted by Gasteiger charge is -2.07. The van der Waals surface area contributed by atoms with Gasteiger partial charge in [-0.2, -0.15) is 0 Å². The summed E-state index contributed by atoms with van der Waals surface area (Å²) in [4.78, 5) is 4.42. The van der Waals surface area contributed by atoms with Crippen molar-refractivity contribution in [2.24, 2.45) is 0 Å². The van der Waals surface area contributed by atoms with Gasteiger partial charge in [0.1, 0.15) is 5.65 Å². The third-order valence-electron chi connectivity index (χ3n) is 2.94. The van der Waals surface area contributed by atoms with Crippen LogP contribution in [-0.4, -0.2) is 29.6 Å². The van der Waals surface area contributed by atoms with E-state index < -0.39 is 9.84 Å². The van der Waals surface area contributed by atoms with Crippen molar-refractivity contribution < 1.29 is 8.42 Å². The van der Waals surface area contributed by atoms with Crippen LogP contribution in [0.5, 0.6) is 0 Å². The molecule has 100 valence electrons. The Bertz CT molecular complexity index is 751. The molecule has 0 amide bonds. The summed E-state index contributed by atoms with van der Waals surface area (Å²) in [6.45, 7) is 0.518. The number of aromatic nitrogens is 2. The summed E-state index contributed by atoms with van der Waals surface area (Å²) in [6, 6.07) is 3.48. The van der Waals surface area contributed by atoms with Crippen LogP contribution in [0.2, 0.25) is 5.02 Å². The van der Waals surface area contributed by atoms with Crippen molar-refractivity contribution in [3.63, 3.8) is 0 Å². The number of hydrogen-bond donors (Lipinski definition) is 1. The van der Waals surface area contributed by atoms with Crippen LogP contribution in [0.4, 0.5) is 0 Å². The van der Waals surface area contributed by atoms with Gasteiger partial charge in [-0.25, -0.2) is 13.4 Å². The zero-order chi connectivity index (χ0) is 13.5. The van der Waals surface area contributed by atoms with E-state index in [4.69, 9.17) is 11.6 Å². The smallest absolute Gasteiger partial charge is 0.173 e. The highest BCUT2D eigenvalue weighted by Gasteiger charge is 2.21. The van der Waals surface area contributed by atoms with Gasteiger partial charge in [-0.15, -0.1) is 0 Å². The third-order valence-corrected chi connectivity index (χ3v) is 4.56. The van der Waals surface area contributed by atoms with E-state index in [0.717, 1.165) is 11.3 Å². The van der Waals surface area contributed by atoms with Gasteiger partial charge in [-0.3, -0.25) is 0 Å². The molecule has 0 saturated carbocycles. The van der Waals surface area contributed by atoms with Crippen molar-refractivity contribution in [2.45, 2.75) is 12.6 Å². The number of hydrogen-bond acceptors (Lipinski definition) is 4. The molecule has 2 aromatic heterocycles. The normalized spacial score (nSPS) is 21.2. The van der Waals surface area contributed by atoms with Gasteiger partial charge in [0.05, 0.1) is 16.5 Å². The molecule has 1 aliphatic heterocycles. The van der Waals surface area contributed by atoms with Crippen LogP contribution in [0.1, 0.15) is 5.69 Å². The second-order valence-electron chi connectivity index (χ2n) is 4.49. The molecule has 19 heavy (non-hydrogen) atoms. The first-order valence-electron chi connectivity index (χ1n) is 5.79. The minimum absolute atomic E-state index is 0.117. The Morgan fingerprint density at radius 2 is 2.26 bits per heavy atom. The van der Waals surface area contributed by atoms with Crippen molar-refractivity contribution in [3.05, 3.63) is 46.7 Å². The van der Waals surface area contributed by atoms with Crippen molar-refractivity contribution in [1.82, 2.24) is 14.7 Å². The maximum absolute atomic E-state index is 11.3. The average Bonchev–Trinajstić information content (AvgIpc) is 2.89. The van der Waals surface area contributed by atoms with Gasteiger partial charge in [0.25, 0.3) is 0 Å². The van der Waals surface area contributed by atoms with E-state index in [1.807, 2.05) is 16.7 Å². The second-order valence-corrected chi connectivity index (χ2v) is 6.86. The van der Waals surface area contributed by atoms with Crippen molar-refractivity contribution >= 4 is 27.1 Å². The standard InChI is InChI=1S/C12H12ClN3O2S/c13-9-1-2-12-15-11(7-16(12)6-9)5-14-10-3-4-19(17,18)8-10/h1-4,6-7,10,14H,5,8H2. The summed E-state index contributed by atoms with van der Waals surface area (Å²) in [5, 5.41) is 5.06. The number of imidazole rings is 1. The van der Waals surface area contributed by atoms with E-state index >= 15 is 0 Å². The molecule has 1 aliphatic rings. The molecule has 7 heteroatoms. The predicted molar refractivity (Wildman–Crippen MR) is 73.8 cm³/mol. The van der Waals surface area contributed by atoms with Crippen LogP contribution in [-0.2, 0) is 16.4 Å². The first-order valence-corrected chi connectivity index (χ1v) is 7.89. The second kappa shape index (κ2) is 4.63. The molecule has 0 radical (unpaired) electrons. The number of rotatable bonds is 3. The van der Waals surface area contributed by atoms with Crippen LogP contribution in [0.3, 0.4) is 0 Å². The zero-order valence-corrected chi connectivity index (χ0v) is 11.5. The van der Waals surface area contributed by atoms with E-state index in [1.54, 1.807) is 18.3 Å². The maximum atomic E-state index is 11.3. The molecule has 1 atom stereocenters. The number of nitrogens with zero attached hydrogens (tertiary/aromatic N) is 2. The molecule has 0 saturated heterocycles. The summed E-state index contributed by atoms with van der Waals surface area (Å²) in [5.41, 5.74) is 1.66. The molecule has 0 bridgehead atoms. The van der Waals surface area contributed by atoms with E-state index in [-0.39, 0.29) is 11.8 Å². The fourth-order valence-corrected chi connectivity index (χ4v) is 3.48. The van der Waals surface area contributed by atoms with Crippen LogP contribution in [0.15, 0.2) is 36.0 Å². The van der Waals surface area contributed by atoms with Crippen LogP contribution in [0.25, 0.3) is 5.65 Å². The quantitative estimate of drug-likeness (QED) is 0.930. The molecule has 0 aromatic carbocycles. The van der Waals surface area contributed by atoms with Gasteiger partial charge < -0.3 is 9.72 Å². The fraction of sp³-hybridized carbons (Fsp3) is 0.250. The fourth-order valence-electron chi connectivity index (χ4n) is 2.04. The van der Waals surface area contributed by atoms with Crippen LogP contribution in [0, 0.1) is 0 Å². The van der Waals surface area contributed by atoms with E-state index in [2.05, 4.69) is 10.3 Å². The largest absolute Gasteiger partial charge is 0.305 e. The molecule has 0 spiro atoms. The van der Waals surface area contributed by atoms with Gasteiger partial charge in [-0.1, -0.05) is 17.7 Å². The van der Waals surface area contributed by atoms with E-state index in [0.29, 0.717) is 11.6 Å². The highest BCUT2D eigenvalue weighted by Crippen LogP contribution is 2.12. The van der Waals surface area contributed by atoms with Crippen LogP contribution < -0.4 is 5.32 Å². The summed E-state index contributed by atoms with van der Waals surface area (Å²) in [6.07, 6.45) is 5.33. The molecular formula is C12H12ClN3O2S. The first-order chi connectivity index (χ1) is 9.02. The number of pyridine rings is 1. The molecule has 5 nitrogen and oxygen atoms in total. The summed E-state index contributed by atoms with van der Waals surface area (Å²) >= 11 is 5.90. The van der Waals surface area contributed by atoms with Gasteiger partial charge in [0.2, 0.25) is 0 Å². The summed E-state index contributed by atoms with van der Waals surface area (Å²) < 4.78 is 24.4. The Morgan fingerprint density at radius 1 is 1.42 bits per heavy atom. The molecular weight excluding hydrogens is 286 g/mol. The van der Waals surface area contributed by atoms with E-state index in [1.165, 1.54) is 5.41 Å². The number of sulfone groups is 1. The Morgan fingerprint density at radius 3 is 3.00 bits per heavy atom. The Kier molecular flexibility index (Phi) is 3.08. The highest BCUT2D eigenvalue weighted by molar-refractivity contribution is 7.94. The van der Waals surface area contributed by atoms with Crippen molar-refractivity contribution in [2.75, 3.05) is 5.75 Å². The molecule has 0 aliphatic carbocycles. The number of fused-ring (bicyclic) bond motifs is 1. The van der Waals surface area contributed by atoms with E-state index in [9.17, 15) is 8.42 Å². The summed E-state index contributed by atoms with van der Waals surface area (Å²) in [7, 11) is -3.02.